The Bertz CT molecular complexity index is 566. The Labute approximate surface area is 120 Å². The van der Waals surface area contributed by atoms with E-state index in [1.165, 1.54) is 5.56 Å². The Morgan fingerprint density at radius 3 is 2.45 bits per heavy atom. The number of nitrogens with zero attached hydrogens (tertiary/aromatic N) is 2. The smallest absolute Gasteiger partial charge is 0.222 e. The third kappa shape index (κ3) is 3.26. The zero-order valence-electron chi connectivity index (χ0n) is 12.1. The lowest BCUT2D eigenvalue weighted by Crippen LogP contribution is -2.11. The van der Waals surface area contributed by atoms with Gasteiger partial charge < -0.3 is 11.5 Å². The van der Waals surface area contributed by atoms with Crippen molar-refractivity contribution in [1.29, 1.82) is 0 Å². The molecule has 4 nitrogen and oxygen atoms in total. The molecule has 0 bridgehead atoms. The van der Waals surface area contributed by atoms with Gasteiger partial charge in [-0.1, -0.05) is 44.2 Å². The summed E-state index contributed by atoms with van der Waals surface area (Å²) < 4.78 is 0. The van der Waals surface area contributed by atoms with Crippen LogP contribution < -0.4 is 11.5 Å². The monoisotopic (exact) mass is 270 g/mol. The van der Waals surface area contributed by atoms with Crippen LogP contribution in [0.2, 0.25) is 0 Å². The maximum absolute atomic E-state index is 6.04. The van der Waals surface area contributed by atoms with E-state index in [-0.39, 0.29) is 5.95 Å². The molecule has 0 amide bonds. The van der Waals surface area contributed by atoms with Crippen LogP contribution in [0.15, 0.2) is 30.3 Å². The van der Waals surface area contributed by atoms with Crippen LogP contribution in [0.4, 0.5) is 11.8 Å². The van der Waals surface area contributed by atoms with Crippen molar-refractivity contribution < 1.29 is 0 Å². The molecule has 1 unspecified atom stereocenters. The number of hydrogen-bond donors (Lipinski definition) is 2. The summed E-state index contributed by atoms with van der Waals surface area (Å²) in [7, 11) is 0. The molecule has 0 saturated carbocycles. The number of benzene rings is 1. The highest BCUT2D eigenvalue weighted by atomic mass is 15.0. The predicted octanol–water partition coefficient (Wildman–Crippen LogP) is 2.94. The van der Waals surface area contributed by atoms with Crippen LogP contribution in [0.25, 0.3) is 0 Å². The first-order valence-corrected chi connectivity index (χ1v) is 7.07. The van der Waals surface area contributed by atoms with Crippen LogP contribution >= 0.6 is 0 Å². The van der Waals surface area contributed by atoms with Gasteiger partial charge in [0.1, 0.15) is 5.82 Å². The molecule has 0 spiro atoms. The highest BCUT2D eigenvalue weighted by Gasteiger charge is 2.16. The van der Waals surface area contributed by atoms with Crippen molar-refractivity contribution in [2.75, 3.05) is 11.5 Å². The van der Waals surface area contributed by atoms with Gasteiger partial charge >= 0.3 is 0 Å². The summed E-state index contributed by atoms with van der Waals surface area (Å²) in [5.41, 5.74) is 15.1. The fourth-order valence-corrected chi connectivity index (χ4v) is 2.53. The third-order valence-electron chi connectivity index (χ3n) is 3.61. The second-order valence-electron chi connectivity index (χ2n) is 5.11. The number of nitrogens with two attached hydrogens (primary N) is 2. The van der Waals surface area contributed by atoms with E-state index < -0.39 is 0 Å². The van der Waals surface area contributed by atoms with Crippen molar-refractivity contribution >= 4 is 11.8 Å². The fourth-order valence-electron chi connectivity index (χ4n) is 2.53. The molecule has 2 aromatic rings. The van der Waals surface area contributed by atoms with Crippen LogP contribution in [0.5, 0.6) is 0 Å². The summed E-state index contributed by atoms with van der Waals surface area (Å²) in [6.45, 7) is 4.24. The zero-order valence-corrected chi connectivity index (χ0v) is 12.1. The van der Waals surface area contributed by atoms with Gasteiger partial charge in [-0.2, -0.15) is 4.98 Å². The minimum atomic E-state index is 0.262. The van der Waals surface area contributed by atoms with Gasteiger partial charge in [0.15, 0.2) is 0 Å². The quantitative estimate of drug-likeness (QED) is 0.875. The van der Waals surface area contributed by atoms with Gasteiger partial charge in [0.25, 0.3) is 0 Å². The highest BCUT2D eigenvalue weighted by Crippen LogP contribution is 2.28. The van der Waals surface area contributed by atoms with Crippen molar-refractivity contribution in [3.05, 3.63) is 47.2 Å². The van der Waals surface area contributed by atoms with Crippen molar-refractivity contribution in [2.24, 2.45) is 0 Å². The van der Waals surface area contributed by atoms with E-state index in [2.05, 4.69) is 48.1 Å². The second-order valence-corrected chi connectivity index (χ2v) is 5.11. The maximum Gasteiger partial charge on any atom is 0.222 e. The average molecular weight is 270 g/mol. The highest BCUT2D eigenvalue weighted by molar-refractivity contribution is 5.48. The molecule has 4 N–H and O–H groups in total. The number of anilines is 2. The molecular weight excluding hydrogens is 248 g/mol. The number of hydrogen-bond acceptors (Lipinski definition) is 4. The first-order chi connectivity index (χ1) is 9.61. The summed E-state index contributed by atoms with van der Waals surface area (Å²) in [5.74, 6) is 1.11. The van der Waals surface area contributed by atoms with Crippen molar-refractivity contribution in [3.8, 4) is 0 Å². The summed E-state index contributed by atoms with van der Waals surface area (Å²) >= 11 is 0. The summed E-state index contributed by atoms with van der Waals surface area (Å²) in [5, 5.41) is 0. The van der Waals surface area contributed by atoms with Crippen LogP contribution in [0.1, 0.15) is 43.0 Å². The molecule has 20 heavy (non-hydrogen) atoms. The van der Waals surface area contributed by atoms with E-state index >= 15 is 0 Å². The molecule has 0 aliphatic carbocycles. The molecule has 1 aromatic carbocycles. The van der Waals surface area contributed by atoms with Crippen LogP contribution in [0.3, 0.4) is 0 Å². The van der Waals surface area contributed by atoms with Crippen molar-refractivity contribution in [3.63, 3.8) is 0 Å². The number of nitrogen functional groups attached to an aromatic ring is 2. The van der Waals surface area contributed by atoms with Crippen LogP contribution in [-0.4, -0.2) is 9.97 Å². The third-order valence-corrected chi connectivity index (χ3v) is 3.61. The molecule has 106 valence electrons. The molecule has 0 saturated heterocycles. The number of aromatic nitrogens is 2. The zero-order chi connectivity index (χ0) is 14.5. The lowest BCUT2D eigenvalue weighted by Gasteiger charge is -2.17. The lowest BCUT2D eigenvalue weighted by atomic mass is 9.92. The average Bonchev–Trinajstić information content (AvgIpc) is 2.45. The van der Waals surface area contributed by atoms with Gasteiger partial charge in [0, 0.05) is 5.56 Å². The largest absolute Gasteiger partial charge is 0.383 e. The van der Waals surface area contributed by atoms with E-state index in [9.17, 15) is 0 Å². The van der Waals surface area contributed by atoms with Gasteiger partial charge in [-0.15, -0.1) is 0 Å². The standard InChI is InChI=1S/C16H22N4/c1-3-13-14(15(17)20-16(18)19-13)11(2)9-10-12-7-5-4-6-8-12/h4-8,11H,3,9-10H2,1-2H3,(H4,17,18,19,20). The minimum Gasteiger partial charge on any atom is -0.383 e. The van der Waals surface area contributed by atoms with Gasteiger partial charge in [-0.3, -0.25) is 0 Å². The van der Waals surface area contributed by atoms with E-state index in [1.54, 1.807) is 0 Å². The molecule has 0 aliphatic heterocycles. The van der Waals surface area contributed by atoms with E-state index in [1.807, 2.05) is 6.07 Å². The number of aryl methyl sites for hydroxylation is 2. The predicted molar refractivity (Wildman–Crippen MR) is 83.4 cm³/mol. The van der Waals surface area contributed by atoms with Crippen LogP contribution in [-0.2, 0) is 12.8 Å². The summed E-state index contributed by atoms with van der Waals surface area (Å²) in [6.07, 6.45) is 2.87. The van der Waals surface area contributed by atoms with Gasteiger partial charge in [-0.25, -0.2) is 4.98 Å². The molecule has 0 fully saturated rings. The second kappa shape index (κ2) is 6.37. The first-order valence-electron chi connectivity index (χ1n) is 7.07. The Kier molecular flexibility index (Phi) is 4.56. The number of rotatable bonds is 5. The van der Waals surface area contributed by atoms with Crippen molar-refractivity contribution in [2.45, 2.75) is 39.0 Å². The Morgan fingerprint density at radius 2 is 1.80 bits per heavy atom. The Morgan fingerprint density at radius 1 is 1.10 bits per heavy atom. The molecule has 1 atom stereocenters. The molecule has 1 aromatic heterocycles. The molecule has 0 radical (unpaired) electrons. The Balaban J connectivity index is 2.15. The van der Waals surface area contributed by atoms with Crippen LogP contribution in [0, 0.1) is 0 Å². The van der Waals surface area contributed by atoms with Gasteiger partial charge in [0.05, 0.1) is 5.69 Å². The molecule has 0 aliphatic rings. The van der Waals surface area contributed by atoms with Gasteiger partial charge in [-0.05, 0) is 30.7 Å². The lowest BCUT2D eigenvalue weighted by molar-refractivity contribution is 0.666. The normalized spacial score (nSPS) is 12.3. The molecule has 2 rings (SSSR count). The molecule has 1 heterocycles. The summed E-state index contributed by atoms with van der Waals surface area (Å²) in [4.78, 5) is 8.42. The molecule has 4 heteroatoms. The fraction of sp³-hybridized carbons (Fsp3) is 0.375. The topological polar surface area (TPSA) is 77.8 Å². The van der Waals surface area contributed by atoms with Crippen molar-refractivity contribution in [1.82, 2.24) is 9.97 Å². The van der Waals surface area contributed by atoms with Gasteiger partial charge in [0.2, 0.25) is 5.95 Å². The SMILES string of the molecule is CCc1nc(N)nc(N)c1C(C)CCc1ccccc1. The maximum atomic E-state index is 6.04. The molecular formula is C16H22N4. The minimum absolute atomic E-state index is 0.262. The van der Waals surface area contributed by atoms with E-state index in [0.29, 0.717) is 11.7 Å². The first kappa shape index (κ1) is 14.3. The van der Waals surface area contributed by atoms with E-state index in [0.717, 1.165) is 30.5 Å². The Hall–Kier alpha value is -2.10. The van der Waals surface area contributed by atoms with E-state index in [4.69, 9.17) is 11.5 Å². The summed E-state index contributed by atoms with van der Waals surface area (Å²) in [6, 6.07) is 10.5.